The lowest BCUT2D eigenvalue weighted by atomic mass is 9.80. The standard InChI is InChI=1S/C15H31N3O/c1-13(15(2,3)4)12-14(19)17-6-5-9-18-10-7-16-8-11-18/h13,16H,5-12H2,1-4H3,(H,17,19). The molecular formula is C15H31N3O. The molecule has 0 radical (unpaired) electrons. The lowest BCUT2D eigenvalue weighted by molar-refractivity contribution is -0.122. The smallest absolute Gasteiger partial charge is 0.220 e. The van der Waals surface area contributed by atoms with Crippen LogP contribution in [0.1, 0.15) is 40.5 Å². The van der Waals surface area contributed by atoms with Gasteiger partial charge in [-0.05, 0) is 24.3 Å². The fourth-order valence-corrected chi connectivity index (χ4v) is 2.12. The van der Waals surface area contributed by atoms with Crippen LogP contribution in [0.4, 0.5) is 0 Å². The van der Waals surface area contributed by atoms with Gasteiger partial charge < -0.3 is 15.5 Å². The number of amides is 1. The third-order valence-corrected chi connectivity index (χ3v) is 4.15. The summed E-state index contributed by atoms with van der Waals surface area (Å²) in [6, 6.07) is 0. The first-order valence-corrected chi connectivity index (χ1v) is 7.59. The minimum absolute atomic E-state index is 0.197. The van der Waals surface area contributed by atoms with Crippen molar-refractivity contribution in [3.05, 3.63) is 0 Å². The monoisotopic (exact) mass is 269 g/mol. The Kier molecular flexibility index (Phi) is 6.80. The van der Waals surface area contributed by atoms with E-state index in [4.69, 9.17) is 0 Å². The number of nitrogens with one attached hydrogen (secondary N) is 2. The molecule has 1 unspecified atom stereocenters. The topological polar surface area (TPSA) is 44.4 Å². The normalized spacial score (nSPS) is 19.2. The number of nitrogens with zero attached hydrogens (tertiary/aromatic N) is 1. The van der Waals surface area contributed by atoms with Gasteiger partial charge in [-0.1, -0.05) is 27.7 Å². The zero-order valence-electron chi connectivity index (χ0n) is 13.1. The molecule has 1 saturated heterocycles. The van der Waals surface area contributed by atoms with Crippen LogP contribution in [-0.2, 0) is 4.79 Å². The lowest BCUT2D eigenvalue weighted by Gasteiger charge is -2.27. The Labute approximate surface area is 118 Å². The van der Waals surface area contributed by atoms with Gasteiger partial charge in [0.25, 0.3) is 0 Å². The van der Waals surface area contributed by atoms with Crippen molar-refractivity contribution in [2.75, 3.05) is 39.3 Å². The summed E-state index contributed by atoms with van der Waals surface area (Å²) in [6.45, 7) is 15.1. The third-order valence-electron chi connectivity index (χ3n) is 4.15. The molecule has 0 bridgehead atoms. The quantitative estimate of drug-likeness (QED) is 0.718. The molecule has 2 N–H and O–H groups in total. The molecule has 1 rings (SSSR count). The second-order valence-electron chi connectivity index (χ2n) is 6.77. The Bertz CT molecular complexity index is 267. The molecule has 1 heterocycles. The number of hydrogen-bond acceptors (Lipinski definition) is 3. The molecule has 1 atom stereocenters. The van der Waals surface area contributed by atoms with Crippen LogP contribution in [0.3, 0.4) is 0 Å². The maximum absolute atomic E-state index is 11.8. The fourth-order valence-electron chi connectivity index (χ4n) is 2.12. The van der Waals surface area contributed by atoms with Crippen molar-refractivity contribution < 1.29 is 4.79 Å². The largest absolute Gasteiger partial charge is 0.356 e. The maximum atomic E-state index is 11.8. The molecule has 4 heteroatoms. The lowest BCUT2D eigenvalue weighted by Crippen LogP contribution is -2.44. The first-order chi connectivity index (χ1) is 8.89. The van der Waals surface area contributed by atoms with Crippen molar-refractivity contribution in [2.24, 2.45) is 11.3 Å². The van der Waals surface area contributed by atoms with Crippen LogP contribution in [0.25, 0.3) is 0 Å². The van der Waals surface area contributed by atoms with Crippen LogP contribution in [0, 0.1) is 11.3 Å². The third kappa shape index (κ3) is 6.92. The Hall–Kier alpha value is -0.610. The molecule has 19 heavy (non-hydrogen) atoms. The Morgan fingerprint density at radius 2 is 1.95 bits per heavy atom. The molecular weight excluding hydrogens is 238 g/mol. The van der Waals surface area contributed by atoms with Crippen molar-refractivity contribution in [3.63, 3.8) is 0 Å². The van der Waals surface area contributed by atoms with Gasteiger partial charge in [0.05, 0.1) is 0 Å². The predicted octanol–water partition coefficient (Wildman–Crippen LogP) is 1.47. The molecule has 1 aliphatic rings. The molecule has 0 aromatic rings. The summed E-state index contributed by atoms with van der Waals surface area (Å²) in [6.07, 6.45) is 1.69. The molecule has 112 valence electrons. The molecule has 0 spiro atoms. The molecule has 1 fully saturated rings. The molecule has 1 aliphatic heterocycles. The summed E-state index contributed by atoms with van der Waals surface area (Å²) in [4.78, 5) is 14.3. The summed E-state index contributed by atoms with van der Waals surface area (Å²) in [5, 5.41) is 6.39. The van der Waals surface area contributed by atoms with Crippen molar-refractivity contribution in [1.29, 1.82) is 0 Å². The van der Waals surface area contributed by atoms with E-state index < -0.39 is 0 Å². The van der Waals surface area contributed by atoms with E-state index in [1.165, 1.54) is 0 Å². The van der Waals surface area contributed by atoms with Gasteiger partial charge in [-0.15, -0.1) is 0 Å². The molecule has 0 aromatic carbocycles. The number of piperazine rings is 1. The minimum atomic E-state index is 0.197. The molecule has 0 aliphatic carbocycles. The Morgan fingerprint density at radius 3 is 2.53 bits per heavy atom. The summed E-state index contributed by atoms with van der Waals surface area (Å²) in [7, 11) is 0. The summed E-state index contributed by atoms with van der Waals surface area (Å²) < 4.78 is 0. The average molecular weight is 269 g/mol. The number of carbonyl (C=O) groups is 1. The van der Waals surface area contributed by atoms with Gasteiger partial charge >= 0.3 is 0 Å². The van der Waals surface area contributed by atoms with Crippen LogP contribution in [-0.4, -0.2) is 50.1 Å². The van der Waals surface area contributed by atoms with Gasteiger partial charge in [-0.3, -0.25) is 4.79 Å². The van der Waals surface area contributed by atoms with Crippen molar-refractivity contribution in [2.45, 2.75) is 40.5 Å². The highest BCUT2D eigenvalue weighted by Gasteiger charge is 2.22. The van der Waals surface area contributed by atoms with E-state index in [0.29, 0.717) is 12.3 Å². The zero-order chi connectivity index (χ0) is 14.3. The van der Waals surface area contributed by atoms with E-state index in [-0.39, 0.29) is 11.3 Å². The molecule has 4 nitrogen and oxygen atoms in total. The first kappa shape index (κ1) is 16.4. The van der Waals surface area contributed by atoms with E-state index >= 15 is 0 Å². The average Bonchev–Trinajstić information content (AvgIpc) is 2.35. The first-order valence-electron chi connectivity index (χ1n) is 7.59. The minimum Gasteiger partial charge on any atom is -0.356 e. The van der Waals surface area contributed by atoms with Gasteiger partial charge in [0, 0.05) is 39.1 Å². The number of hydrogen-bond donors (Lipinski definition) is 2. The Morgan fingerprint density at radius 1 is 1.32 bits per heavy atom. The summed E-state index contributed by atoms with van der Waals surface area (Å²) in [5.74, 6) is 0.614. The molecule has 0 aromatic heterocycles. The van der Waals surface area contributed by atoms with Crippen molar-refractivity contribution in [3.8, 4) is 0 Å². The van der Waals surface area contributed by atoms with Crippen molar-refractivity contribution >= 4 is 5.91 Å². The second-order valence-corrected chi connectivity index (χ2v) is 6.77. The van der Waals surface area contributed by atoms with Crippen LogP contribution in [0.15, 0.2) is 0 Å². The molecule has 1 amide bonds. The zero-order valence-corrected chi connectivity index (χ0v) is 13.1. The highest BCUT2D eigenvalue weighted by Crippen LogP contribution is 2.27. The van der Waals surface area contributed by atoms with Crippen LogP contribution in [0.2, 0.25) is 0 Å². The van der Waals surface area contributed by atoms with Gasteiger partial charge in [-0.2, -0.15) is 0 Å². The van der Waals surface area contributed by atoms with Gasteiger partial charge in [-0.25, -0.2) is 0 Å². The van der Waals surface area contributed by atoms with Crippen LogP contribution >= 0.6 is 0 Å². The number of carbonyl (C=O) groups excluding carboxylic acids is 1. The molecule has 0 saturated carbocycles. The van der Waals surface area contributed by atoms with E-state index in [0.717, 1.165) is 45.7 Å². The Balaban J connectivity index is 2.07. The van der Waals surface area contributed by atoms with Crippen molar-refractivity contribution in [1.82, 2.24) is 15.5 Å². The van der Waals surface area contributed by atoms with E-state index in [1.54, 1.807) is 0 Å². The van der Waals surface area contributed by atoms with E-state index in [1.807, 2.05) is 0 Å². The van der Waals surface area contributed by atoms with Gasteiger partial charge in [0.2, 0.25) is 5.91 Å². The van der Waals surface area contributed by atoms with Crippen LogP contribution < -0.4 is 10.6 Å². The van der Waals surface area contributed by atoms with Gasteiger partial charge in [0.15, 0.2) is 0 Å². The highest BCUT2D eigenvalue weighted by atomic mass is 16.1. The second kappa shape index (κ2) is 7.85. The fraction of sp³-hybridized carbons (Fsp3) is 0.933. The summed E-state index contributed by atoms with van der Waals surface area (Å²) in [5.41, 5.74) is 0.206. The highest BCUT2D eigenvalue weighted by molar-refractivity contribution is 5.76. The number of rotatable bonds is 6. The van der Waals surface area contributed by atoms with E-state index in [2.05, 4.69) is 43.2 Å². The predicted molar refractivity (Wildman–Crippen MR) is 80.2 cm³/mol. The van der Waals surface area contributed by atoms with Crippen LogP contribution in [0.5, 0.6) is 0 Å². The maximum Gasteiger partial charge on any atom is 0.220 e. The van der Waals surface area contributed by atoms with Gasteiger partial charge in [0.1, 0.15) is 0 Å². The van der Waals surface area contributed by atoms with E-state index in [9.17, 15) is 4.79 Å². The SMILES string of the molecule is CC(CC(=O)NCCCN1CCNCC1)C(C)(C)C. The summed E-state index contributed by atoms with van der Waals surface area (Å²) >= 11 is 0.